The summed E-state index contributed by atoms with van der Waals surface area (Å²) in [6.45, 7) is 4.43. The topological polar surface area (TPSA) is 32.8 Å². The number of rotatable bonds is 4. The Morgan fingerprint density at radius 2 is 1.85 bits per heavy atom. The van der Waals surface area contributed by atoms with Crippen molar-refractivity contribution in [2.24, 2.45) is 0 Å². The van der Waals surface area contributed by atoms with Crippen molar-refractivity contribution >= 4 is 11.7 Å². The zero-order valence-corrected chi connectivity index (χ0v) is 15.3. The van der Waals surface area contributed by atoms with Crippen LogP contribution < -0.4 is 4.90 Å². The fourth-order valence-electron chi connectivity index (χ4n) is 4.29. The Morgan fingerprint density at radius 1 is 1.08 bits per heavy atom. The number of benzene rings is 2. The number of piperidine rings is 1. The molecule has 0 unspecified atom stereocenters. The van der Waals surface area contributed by atoms with Crippen molar-refractivity contribution in [2.75, 3.05) is 24.6 Å². The van der Waals surface area contributed by atoms with E-state index < -0.39 is 0 Å². The maximum atomic E-state index is 11.9. The number of hydrogen-bond donors (Lipinski definition) is 0. The molecular formula is C22H26N2O2. The van der Waals surface area contributed by atoms with Gasteiger partial charge in [-0.3, -0.25) is 4.90 Å². The molecule has 4 nitrogen and oxygen atoms in total. The Hall–Kier alpha value is -2.33. The van der Waals surface area contributed by atoms with Crippen LogP contribution in [0.2, 0.25) is 0 Å². The van der Waals surface area contributed by atoms with E-state index >= 15 is 0 Å². The van der Waals surface area contributed by atoms with Gasteiger partial charge in [0.2, 0.25) is 0 Å². The standard InChI is InChI=1S/C22H26N2O2/c1-2-26-22(25)18-11-13-19(14-12-18)24-16-20-10-6-7-15-23(20)21(24)17-8-4-3-5-9-17/h3-5,8-9,11-14,20-21H,2,6-7,10,15-16H2,1H3/t20-,21-/m0/s1. The van der Waals surface area contributed by atoms with E-state index in [0.29, 0.717) is 18.2 Å². The molecule has 0 saturated carbocycles. The van der Waals surface area contributed by atoms with E-state index in [9.17, 15) is 4.79 Å². The highest BCUT2D eigenvalue weighted by atomic mass is 16.5. The summed E-state index contributed by atoms with van der Waals surface area (Å²) in [5.74, 6) is -0.252. The van der Waals surface area contributed by atoms with Crippen LogP contribution in [0.5, 0.6) is 0 Å². The first-order chi connectivity index (χ1) is 12.8. The number of fused-ring (bicyclic) bond motifs is 1. The van der Waals surface area contributed by atoms with Crippen molar-refractivity contribution in [2.45, 2.75) is 38.4 Å². The van der Waals surface area contributed by atoms with E-state index in [0.717, 1.165) is 13.1 Å². The minimum absolute atomic E-state index is 0.252. The van der Waals surface area contributed by atoms with E-state index in [-0.39, 0.29) is 12.1 Å². The first-order valence-electron chi connectivity index (χ1n) is 9.62. The van der Waals surface area contributed by atoms with Crippen molar-refractivity contribution in [3.05, 3.63) is 65.7 Å². The van der Waals surface area contributed by atoms with Crippen LogP contribution in [0.4, 0.5) is 5.69 Å². The van der Waals surface area contributed by atoms with Crippen molar-refractivity contribution in [3.63, 3.8) is 0 Å². The van der Waals surface area contributed by atoms with Crippen molar-refractivity contribution in [1.29, 1.82) is 0 Å². The van der Waals surface area contributed by atoms with Gasteiger partial charge >= 0.3 is 5.97 Å². The molecule has 2 saturated heterocycles. The second-order valence-corrected chi connectivity index (χ2v) is 7.09. The summed E-state index contributed by atoms with van der Waals surface area (Å²) in [6.07, 6.45) is 4.13. The van der Waals surface area contributed by atoms with E-state index in [2.05, 4.69) is 52.3 Å². The Kier molecular flexibility index (Phi) is 4.93. The van der Waals surface area contributed by atoms with Gasteiger partial charge in [0.1, 0.15) is 6.17 Å². The van der Waals surface area contributed by atoms with Gasteiger partial charge in [-0.2, -0.15) is 0 Å². The molecule has 0 radical (unpaired) electrons. The average molecular weight is 350 g/mol. The highest BCUT2D eigenvalue weighted by Crippen LogP contribution is 2.40. The maximum Gasteiger partial charge on any atom is 0.338 e. The minimum Gasteiger partial charge on any atom is -0.462 e. The molecule has 2 aromatic rings. The monoisotopic (exact) mass is 350 g/mol. The van der Waals surface area contributed by atoms with Crippen LogP contribution in [0.15, 0.2) is 54.6 Å². The fraction of sp³-hybridized carbons (Fsp3) is 0.409. The van der Waals surface area contributed by atoms with Crippen LogP contribution in [-0.2, 0) is 4.74 Å². The molecule has 26 heavy (non-hydrogen) atoms. The smallest absolute Gasteiger partial charge is 0.338 e. The molecule has 0 N–H and O–H groups in total. The molecular weight excluding hydrogens is 324 g/mol. The van der Waals surface area contributed by atoms with Crippen LogP contribution in [0.3, 0.4) is 0 Å². The van der Waals surface area contributed by atoms with Crippen LogP contribution in [0, 0.1) is 0 Å². The predicted octanol–water partition coefficient (Wildman–Crippen LogP) is 4.24. The molecule has 2 aromatic carbocycles. The highest BCUT2D eigenvalue weighted by Gasteiger charge is 2.41. The largest absolute Gasteiger partial charge is 0.462 e. The second-order valence-electron chi connectivity index (χ2n) is 7.09. The van der Waals surface area contributed by atoms with Gasteiger partial charge in [0.25, 0.3) is 0 Å². The third-order valence-electron chi connectivity index (χ3n) is 5.50. The molecule has 2 aliphatic heterocycles. The molecule has 0 amide bonds. The van der Waals surface area contributed by atoms with Crippen LogP contribution in [0.25, 0.3) is 0 Å². The zero-order valence-electron chi connectivity index (χ0n) is 15.3. The van der Waals surface area contributed by atoms with Gasteiger partial charge in [-0.25, -0.2) is 4.79 Å². The number of anilines is 1. The fourth-order valence-corrected chi connectivity index (χ4v) is 4.29. The lowest BCUT2D eigenvalue weighted by Crippen LogP contribution is -2.37. The Bertz CT molecular complexity index is 744. The van der Waals surface area contributed by atoms with Crippen molar-refractivity contribution in [1.82, 2.24) is 4.90 Å². The normalized spacial score (nSPS) is 22.9. The molecule has 4 rings (SSSR count). The summed E-state index contributed by atoms with van der Waals surface area (Å²) in [4.78, 5) is 17.1. The molecule has 0 spiro atoms. The zero-order chi connectivity index (χ0) is 17.9. The summed E-state index contributed by atoms with van der Waals surface area (Å²) in [7, 11) is 0. The molecule has 0 aromatic heterocycles. The third kappa shape index (κ3) is 3.21. The number of ether oxygens (including phenoxy) is 1. The first kappa shape index (κ1) is 17.1. The summed E-state index contributed by atoms with van der Waals surface area (Å²) in [5.41, 5.74) is 3.12. The average Bonchev–Trinajstić information content (AvgIpc) is 3.08. The van der Waals surface area contributed by atoms with Gasteiger partial charge in [-0.1, -0.05) is 36.8 Å². The number of carbonyl (C=O) groups excluding carboxylic acids is 1. The van der Waals surface area contributed by atoms with Crippen molar-refractivity contribution in [3.8, 4) is 0 Å². The molecule has 2 fully saturated rings. The molecule has 0 aliphatic carbocycles. The Labute approximate surface area is 155 Å². The quantitative estimate of drug-likeness (QED) is 0.772. The number of nitrogens with zero attached hydrogens (tertiary/aromatic N) is 2. The molecule has 2 aliphatic rings. The van der Waals surface area contributed by atoms with Gasteiger partial charge in [-0.15, -0.1) is 0 Å². The lowest BCUT2D eigenvalue weighted by molar-refractivity contribution is 0.0526. The van der Waals surface area contributed by atoms with Crippen LogP contribution in [0.1, 0.15) is 48.3 Å². The molecule has 2 atom stereocenters. The summed E-state index contributed by atoms with van der Waals surface area (Å²) in [6, 6.07) is 19.2. The van der Waals surface area contributed by atoms with Gasteiger partial charge < -0.3 is 9.64 Å². The molecule has 2 heterocycles. The first-order valence-corrected chi connectivity index (χ1v) is 9.62. The molecule has 0 bridgehead atoms. The lowest BCUT2D eigenvalue weighted by atomic mass is 10.0. The minimum atomic E-state index is -0.252. The van der Waals surface area contributed by atoms with Gasteiger partial charge in [0.05, 0.1) is 12.2 Å². The SMILES string of the molecule is CCOC(=O)c1ccc(N2C[C@@H]3CCCCN3[C@@H]2c2ccccc2)cc1. The summed E-state index contributed by atoms with van der Waals surface area (Å²) in [5, 5.41) is 0. The maximum absolute atomic E-state index is 11.9. The Balaban J connectivity index is 1.64. The predicted molar refractivity (Wildman–Crippen MR) is 103 cm³/mol. The van der Waals surface area contributed by atoms with Crippen molar-refractivity contribution < 1.29 is 9.53 Å². The van der Waals surface area contributed by atoms with E-state index in [1.165, 1.54) is 30.5 Å². The lowest BCUT2D eigenvalue weighted by Gasteiger charge is -2.35. The number of carbonyl (C=O) groups is 1. The molecule has 136 valence electrons. The van der Waals surface area contributed by atoms with E-state index in [1.54, 1.807) is 0 Å². The van der Waals surface area contributed by atoms with Crippen LogP contribution in [-0.4, -0.2) is 36.6 Å². The highest BCUT2D eigenvalue weighted by molar-refractivity contribution is 5.89. The number of esters is 1. The summed E-state index contributed by atoms with van der Waals surface area (Å²) < 4.78 is 5.10. The summed E-state index contributed by atoms with van der Waals surface area (Å²) >= 11 is 0. The third-order valence-corrected chi connectivity index (χ3v) is 5.50. The van der Waals surface area contributed by atoms with Crippen LogP contribution >= 0.6 is 0 Å². The van der Waals surface area contributed by atoms with Gasteiger partial charge in [0.15, 0.2) is 0 Å². The van der Waals surface area contributed by atoms with E-state index in [4.69, 9.17) is 4.74 Å². The van der Waals surface area contributed by atoms with Gasteiger partial charge in [-0.05, 0) is 49.6 Å². The number of hydrogen-bond acceptors (Lipinski definition) is 4. The second kappa shape index (κ2) is 7.50. The Morgan fingerprint density at radius 3 is 2.58 bits per heavy atom. The molecule has 4 heteroatoms. The van der Waals surface area contributed by atoms with Gasteiger partial charge in [0, 0.05) is 24.8 Å². The van der Waals surface area contributed by atoms with E-state index in [1.807, 2.05) is 19.1 Å².